The molecule has 3 rings (SSSR count). The molecule has 1 N–H and O–H groups in total. The van der Waals surface area contributed by atoms with Gasteiger partial charge in [-0.25, -0.2) is 9.78 Å². The Morgan fingerprint density at radius 2 is 2.14 bits per heavy atom. The molecule has 2 heterocycles. The van der Waals surface area contributed by atoms with Gasteiger partial charge >= 0.3 is 5.97 Å². The molecule has 1 unspecified atom stereocenters. The fraction of sp³-hybridized carbons (Fsp3) is 0.412. The van der Waals surface area contributed by atoms with Crippen LogP contribution < -0.4 is 4.90 Å². The minimum Gasteiger partial charge on any atom is -0.478 e. The van der Waals surface area contributed by atoms with Crippen LogP contribution >= 0.6 is 0 Å². The molecule has 0 spiro atoms. The van der Waals surface area contributed by atoms with Crippen LogP contribution in [0.4, 0.5) is 5.82 Å². The number of benzene rings is 1. The van der Waals surface area contributed by atoms with Gasteiger partial charge in [-0.2, -0.15) is 0 Å². The van der Waals surface area contributed by atoms with Gasteiger partial charge in [0, 0.05) is 30.1 Å². The summed E-state index contributed by atoms with van der Waals surface area (Å²) in [5.74, 6) is 0.736. The molecular weight excluding hydrogens is 264 g/mol. The van der Waals surface area contributed by atoms with Gasteiger partial charge in [0.25, 0.3) is 0 Å². The van der Waals surface area contributed by atoms with Gasteiger partial charge in [0.2, 0.25) is 0 Å². The summed E-state index contributed by atoms with van der Waals surface area (Å²) >= 11 is 0. The van der Waals surface area contributed by atoms with Crippen LogP contribution in [0.2, 0.25) is 0 Å². The number of pyridine rings is 1. The first-order valence-electron chi connectivity index (χ1n) is 7.56. The van der Waals surface area contributed by atoms with Crippen LogP contribution in [0.5, 0.6) is 0 Å². The van der Waals surface area contributed by atoms with Crippen molar-refractivity contribution in [1.29, 1.82) is 0 Å². The SMILES string of the molecule is CCCC1CCN(c2ncc(C(=O)O)c3ccccc23)C1. The second kappa shape index (κ2) is 5.72. The zero-order valence-corrected chi connectivity index (χ0v) is 12.2. The number of rotatable bonds is 4. The smallest absolute Gasteiger partial charge is 0.337 e. The highest BCUT2D eigenvalue weighted by molar-refractivity contribution is 6.06. The molecule has 0 bridgehead atoms. The highest BCUT2D eigenvalue weighted by atomic mass is 16.4. The Bertz CT molecular complexity index is 669. The number of nitrogens with zero attached hydrogens (tertiary/aromatic N) is 2. The highest BCUT2D eigenvalue weighted by Gasteiger charge is 2.24. The van der Waals surface area contributed by atoms with E-state index in [2.05, 4.69) is 16.8 Å². The van der Waals surface area contributed by atoms with Crippen LogP contribution in [0, 0.1) is 5.92 Å². The van der Waals surface area contributed by atoms with Gasteiger partial charge in [0.1, 0.15) is 5.82 Å². The molecule has 1 aliphatic rings. The first kappa shape index (κ1) is 13.9. The predicted molar refractivity (Wildman–Crippen MR) is 83.9 cm³/mol. The highest BCUT2D eigenvalue weighted by Crippen LogP contribution is 2.31. The van der Waals surface area contributed by atoms with E-state index in [1.165, 1.54) is 25.5 Å². The number of carboxylic acids is 1. The number of hydrogen-bond donors (Lipinski definition) is 1. The van der Waals surface area contributed by atoms with Crippen LogP contribution in [0.3, 0.4) is 0 Å². The Morgan fingerprint density at radius 3 is 2.86 bits per heavy atom. The number of carboxylic acid groups (broad SMARTS) is 1. The summed E-state index contributed by atoms with van der Waals surface area (Å²) in [4.78, 5) is 18.1. The molecule has 0 aliphatic carbocycles. The Hall–Kier alpha value is -2.10. The number of aromatic nitrogens is 1. The maximum Gasteiger partial charge on any atom is 0.337 e. The van der Waals surface area contributed by atoms with Crippen LogP contribution in [0.15, 0.2) is 30.5 Å². The fourth-order valence-corrected chi connectivity index (χ4v) is 3.27. The van der Waals surface area contributed by atoms with Crippen molar-refractivity contribution in [2.75, 3.05) is 18.0 Å². The van der Waals surface area contributed by atoms with E-state index in [9.17, 15) is 9.90 Å². The van der Waals surface area contributed by atoms with E-state index >= 15 is 0 Å². The number of anilines is 1. The van der Waals surface area contributed by atoms with E-state index in [4.69, 9.17) is 0 Å². The van der Waals surface area contributed by atoms with Crippen LogP contribution in [-0.4, -0.2) is 29.1 Å². The number of carbonyl (C=O) groups is 1. The standard InChI is InChI=1S/C17H20N2O2/c1-2-5-12-8-9-19(11-12)16-14-7-4-3-6-13(14)15(10-18-16)17(20)21/h3-4,6-7,10,12H,2,5,8-9,11H2,1H3,(H,20,21). The molecule has 21 heavy (non-hydrogen) atoms. The first-order valence-corrected chi connectivity index (χ1v) is 7.56. The van der Waals surface area contributed by atoms with E-state index in [0.717, 1.165) is 35.6 Å². The Labute approximate surface area is 124 Å². The largest absolute Gasteiger partial charge is 0.478 e. The zero-order chi connectivity index (χ0) is 14.8. The third kappa shape index (κ3) is 2.58. The van der Waals surface area contributed by atoms with Crippen molar-refractivity contribution in [1.82, 2.24) is 4.98 Å². The summed E-state index contributed by atoms with van der Waals surface area (Å²) in [6, 6.07) is 7.65. The monoisotopic (exact) mass is 284 g/mol. The molecule has 1 aromatic heterocycles. The van der Waals surface area contributed by atoms with Gasteiger partial charge in [-0.3, -0.25) is 0 Å². The van der Waals surface area contributed by atoms with E-state index in [1.54, 1.807) is 0 Å². The van der Waals surface area contributed by atoms with Gasteiger partial charge in [0.05, 0.1) is 5.56 Å². The summed E-state index contributed by atoms with van der Waals surface area (Å²) in [6.07, 6.45) is 5.16. The molecule has 1 atom stereocenters. The zero-order valence-electron chi connectivity index (χ0n) is 12.2. The number of hydrogen-bond acceptors (Lipinski definition) is 3. The maximum absolute atomic E-state index is 11.3. The molecule has 1 saturated heterocycles. The van der Waals surface area contributed by atoms with Crippen molar-refractivity contribution in [3.63, 3.8) is 0 Å². The number of aromatic carboxylic acids is 1. The van der Waals surface area contributed by atoms with E-state index < -0.39 is 5.97 Å². The molecule has 110 valence electrons. The maximum atomic E-state index is 11.3. The molecule has 0 radical (unpaired) electrons. The molecule has 4 nitrogen and oxygen atoms in total. The molecular formula is C17H20N2O2. The molecule has 4 heteroatoms. The lowest BCUT2D eigenvalue weighted by atomic mass is 10.0. The summed E-state index contributed by atoms with van der Waals surface area (Å²) < 4.78 is 0. The third-order valence-electron chi connectivity index (χ3n) is 4.29. The van der Waals surface area contributed by atoms with Crippen molar-refractivity contribution < 1.29 is 9.90 Å². The molecule has 0 saturated carbocycles. The normalized spacial score (nSPS) is 18.3. The van der Waals surface area contributed by atoms with Gasteiger partial charge in [-0.05, 0) is 18.8 Å². The second-order valence-corrected chi connectivity index (χ2v) is 5.74. The fourth-order valence-electron chi connectivity index (χ4n) is 3.27. The molecule has 1 aromatic carbocycles. The van der Waals surface area contributed by atoms with Crippen molar-refractivity contribution >= 4 is 22.6 Å². The van der Waals surface area contributed by atoms with Crippen LogP contribution in [-0.2, 0) is 0 Å². The quantitative estimate of drug-likeness (QED) is 0.932. The third-order valence-corrected chi connectivity index (χ3v) is 4.29. The topological polar surface area (TPSA) is 53.4 Å². The lowest BCUT2D eigenvalue weighted by Gasteiger charge is -2.20. The van der Waals surface area contributed by atoms with Crippen molar-refractivity contribution in [2.24, 2.45) is 5.92 Å². The van der Waals surface area contributed by atoms with Gasteiger partial charge < -0.3 is 10.0 Å². The first-order chi connectivity index (χ1) is 10.2. The molecule has 2 aromatic rings. The summed E-state index contributed by atoms with van der Waals surface area (Å²) in [5.41, 5.74) is 0.277. The Balaban J connectivity index is 2.01. The van der Waals surface area contributed by atoms with Gasteiger partial charge in [0.15, 0.2) is 0 Å². The summed E-state index contributed by atoms with van der Waals surface area (Å²) in [6.45, 7) is 4.25. The molecule has 0 amide bonds. The summed E-state index contributed by atoms with van der Waals surface area (Å²) in [7, 11) is 0. The average Bonchev–Trinajstić information content (AvgIpc) is 2.94. The minimum absolute atomic E-state index is 0.277. The van der Waals surface area contributed by atoms with E-state index in [-0.39, 0.29) is 5.56 Å². The van der Waals surface area contributed by atoms with Crippen LogP contribution in [0.1, 0.15) is 36.5 Å². The summed E-state index contributed by atoms with van der Waals surface area (Å²) in [5, 5.41) is 11.0. The van der Waals surface area contributed by atoms with E-state index in [0.29, 0.717) is 0 Å². The van der Waals surface area contributed by atoms with Crippen LogP contribution in [0.25, 0.3) is 10.8 Å². The van der Waals surface area contributed by atoms with Gasteiger partial charge in [-0.1, -0.05) is 37.6 Å². The van der Waals surface area contributed by atoms with Crippen molar-refractivity contribution in [3.8, 4) is 0 Å². The van der Waals surface area contributed by atoms with E-state index in [1.807, 2.05) is 24.3 Å². The number of fused-ring (bicyclic) bond motifs is 1. The lowest BCUT2D eigenvalue weighted by Crippen LogP contribution is -2.21. The van der Waals surface area contributed by atoms with Crippen molar-refractivity contribution in [2.45, 2.75) is 26.2 Å². The van der Waals surface area contributed by atoms with Gasteiger partial charge in [-0.15, -0.1) is 0 Å². The second-order valence-electron chi connectivity index (χ2n) is 5.74. The minimum atomic E-state index is -0.921. The Morgan fingerprint density at radius 1 is 1.38 bits per heavy atom. The Kier molecular flexibility index (Phi) is 3.78. The predicted octanol–water partition coefficient (Wildman–Crippen LogP) is 3.56. The lowest BCUT2D eigenvalue weighted by molar-refractivity contribution is 0.0698. The molecule has 1 fully saturated rings. The average molecular weight is 284 g/mol. The molecule has 1 aliphatic heterocycles. The van der Waals surface area contributed by atoms with Crippen molar-refractivity contribution in [3.05, 3.63) is 36.0 Å².